The van der Waals surface area contributed by atoms with Crippen LogP contribution in [0.5, 0.6) is 11.5 Å². The van der Waals surface area contributed by atoms with Crippen molar-refractivity contribution >= 4 is 34.7 Å². The second-order valence-electron chi connectivity index (χ2n) is 7.16. The van der Waals surface area contributed by atoms with Gasteiger partial charge in [0, 0.05) is 16.1 Å². The van der Waals surface area contributed by atoms with Crippen LogP contribution in [0.1, 0.15) is 21.5 Å². The molecule has 32 heavy (non-hydrogen) atoms. The second kappa shape index (κ2) is 9.24. The fourth-order valence-corrected chi connectivity index (χ4v) is 3.83. The van der Waals surface area contributed by atoms with Gasteiger partial charge >= 0.3 is 0 Å². The number of amides is 1. The number of rotatable bonds is 6. The van der Waals surface area contributed by atoms with Crippen molar-refractivity contribution in [2.45, 2.75) is 0 Å². The molecule has 0 saturated heterocycles. The first-order valence-corrected chi connectivity index (χ1v) is 10.3. The molecule has 0 spiro atoms. The van der Waals surface area contributed by atoms with E-state index in [1.165, 1.54) is 19.1 Å². The van der Waals surface area contributed by atoms with Crippen molar-refractivity contribution in [3.8, 4) is 11.5 Å². The Hall–Kier alpha value is -3.64. The maximum absolute atomic E-state index is 13.3. The van der Waals surface area contributed by atoms with Gasteiger partial charge in [-0.3, -0.25) is 14.6 Å². The molecular formula is C25H21ClN2O4. The number of aliphatic imine (C=N–C) groups is 1. The lowest BCUT2D eigenvalue weighted by molar-refractivity contribution is -0.117. The summed E-state index contributed by atoms with van der Waals surface area (Å²) in [5, 5.41) is 0.516. The number of ketones is 1. The van der Waals surface area contributed by atoms with Gasteiger partial charge in [-0.25, -0.2) is 0 Å². The first-order valence-electron chi connectivity index (χ1n) is 9.97. The number of anilines is 1. The molecule has 6 nitrogen and oxygen atoms in total. The topological polar surface area (TPSA) is 68.2 Å². The lowest BCUT2D eigenvalue weighted by Crippen LogP contribution is -2.37. The van der Waals surface area contributed by atoms with Crippen molar-refractivity contribution < 1.29 is 19.1 Å². The Morgan fingerprint density at radius 2 is 1.81 bits per heavy atom. The summed E-state index contributed by atoms with van der Waals surface area (Å²) in [6, 6.07) is 19.8. The summed E-state index contributed by atoms with van der Waals surface area (Å²) in [6.45, 7) is -0.256. The molecule has 7 heteroatoms. The predicted octanol–water partition coefficient (Wildman–Crippen LogP) is 4.42. The van der Waals surface area contributed by atoms with Crippen molar-refractivity contribution in [1.82, 2.24) is 0 Å². The third-order valence-corrected chi connectivity index (χ3v) is 5.47. The molecule has 1 amide bonds. The van der Waals surface area contributed by atoms with Crippen LogP contribution in [0.4, 0.5) is 5.69 Å². The minimum atomic E-state index is -0.283. The molecule has 3 aromatic rings. The van der Waals surface area contributed by atoms with E-state index in [0.29, 0.717) is 39.0 Å². The molecule has 3 aromatic carbocycles. The molecule has 0 saturated carbocycles. The smallest absolute Gasteiger partial charge is 0.249 e. The molecule has 0 unspecified atom stereocenters. The van der Waals surface area contributed by atoms with Crippen LogP contribution < -0.4 is 14.4 Å². The Balaban J connectivity index is 1.75. The maximum atomic E-state index is 13.3. The number of ether oxygens (including phenoxy) is 2. The van der Waals surface area contributed by atoms with E-state index in [1.807, 2.05) is 30.3 Å². The van der Waals surface area contributed by atoms with Gasteiger partial charge in [0.25, 0.3) is 0 Å². The van der Waals surface area contributed by atoms with E-state index >= 15 is 0 Å². The third-order valence-electron chi connectivity index (χ3n) is 5.23. The van der Waals surface area contributed by atoms with E-state index < -0.39 is 0 Å². The van der Waals surface area contributed by atoms with Gasteiger partial charge in [0.1, 0.15) is 18.0 Å². The van der Waals surface area contributed by atoms with Gasteiger partial charge < -0.3 is 14.4 Å². The minimum Gasteiger partial charge on any atom is -0.497 e. The van der Waals surface area contributed by atoms with Crippen molar-refractivity contribution in [1.29, 1.82) is 0 Å². The summed E-state index contributed by atoms with van der Waals surface area (Å²) >= 11 is 6.29. The van der Waals surface area contributed by atoms with Crippen LogP contribution in [0.15, 0.2) is 71.7 Å². The van der Waals surface area contributed by atoms with Crippen LogP contribution in [0.3, 0.4) is 0 Å². The monoisotopic (exact) mass is 448 g/mol. The molecule has 1 aliphatic rings. The van der Waals surface area contributed by atoms with Crippen molar-refractivity contribution in [3.63, 3.8) is 0 Å². The van der Waals surface area contributed by atoms with E-state index in [-0.39, 0.29) is 24.8 Å². The Morgan fingerprint density at radius 3 is 2.53 bits per heavy atom. The number of carbonyl (C=O) groups excluding carboxylic acids is 2. The van der Waals surface area contributed by atoms with Crippen molar-refractivity contribution in [2.24, 2.45) is 4.99 Å². The molecule has 162 valence electrons. The number of nitrogens with zero attached hydrogens (tertiary/aromatic N) is 2. The average Bonchev–Trinajstić information content (AvgIpc) is 2.95. The van der Waals surface area contributed by atoms with Crippen LogP contribution in [0.25, 0.3) is 0 Å². The van der Waals surface area contributed by atoms with Gasteiger partial charge in [-0.05, 0) is 36.4 Å². The zero-order valence-corrected chi connectivity index (χ0v) is 18.4. The standard InChI is InChI=1S/C25H21ClN2O4/c1-31-18-9-11-23(32-2)20(13-18)22(29)15-28-21-10-8-17(26)12-19(21)25(27-14-24(28)30)16-6-4-3-5-7-16/h3-13H,14-15H2,1-2H3. The van der Waals surface area contributed by atoms with Gasteiger partial charge in [-0.15, -0.1) is 0 Å². The minimum absolute atomic E-state index is 0.0843. The molecule has 0 atom stereocenters. The second-order valence-corrected chi connectivity index (χ2v) is 7.60. The van der Waals surface area contributed by atoms with Crippen molar-refractivity contribution in [3.05, 3.63) is 88.4 Å². The molecule has 1 aliphatic heterocycles. The first kappa shape index (κ1) is 21.6. The maximum Gasteiger partial charge on any atom is 0.249 e. The van der Waals surface area contributed by atoms with Crippen LogP contribution in [-0.2, 0) is 4.79 Å². The van der Waals surface area contributed by atoms with E-state index in [9.17, 15) is 9.59 Å². The number of Topliss-reactive ketones (excluding diaryl/α,β-unsaturated/α-hetero) is 1. The van der Waals surface area contributed by atoms with Gasteiger partial charge in [0.15, 0.2) is 5.78 Å². The fraction of sp³-hybridized carbons (Fsp3) is 0.160. The molecule has 0 aliphatic carbocycles. The highest BCUT2D eigenvalue weighted by molar-refractivity contribution is 6.32. The summed E-state index contributed by atoms with van der Waals surface area (Å²) in [7, 11) is 3.02. The Morgan fingerprint density at radius 1 is 1.03 bits per heavy atom. The summed E-state index contributed by atoms with van der Waals surface area (Å²) in [4.78, 5) is 32.3. The largest absolute Gasteiger partial charge is 0.497 e. The summed E-state index contributed by atoms with van der Waals surface area (Å²) in [5.74, 6) is 0.377. The van der Waals surface area contributed by atoms with Crippen LogP contribution >= 0.6 is 11.6 Å². The Bertz CT molecular complexity index is 1210. The molecule has 1 heterocycles. The molecule has 0 radical (unpaired) electrons. The summed E-state index contributed by atoms with van der Waals surface area (Å²) in [6.07, 6.45) is 0. The SMILES string of the molecule is COc1ccc(OC)c(C(=O)CN2C(=O)CN=C(c3ccccc3)c3cc(Cl)ccc32)c1. The highest BCUT2D eigenvalue weighted by Crippen LogP contribution is 2.31. The highest BCUT2D eigenvalue weighted by atomic mass is 35.5. The number of halogens is 1. The lowest BCUT2D eigenvalue weighted by Gasteiger charge is -2.23. The zero-order valence-electron chi connectivity index (χ0n) is 17.7. The number of benzodiazepines with no additional fused rings is 1. The molecular weight excluding hydrogens is 428 g/mol. The number of carbonyl (C=O) groups is 2. The third kappa shape index (κ3) is 4.22. The Kier molecular flexibility index (Phi) is 6.23. The van der Waals surface area contributed by atoms with E-state index in [2.05, 4.69) is 4.99 Å². The van der Waals surface area contributed by atoms with Crippen LogP contribution in [-0.4, -0.2) is 44.7 Å². The van der Waals surface area contributed by atoms with Crippen LogP contribution in [0, 0.1) is 0 Å². The molecule has 0 bridgehead atoms. The zero-order chi connectivity index (χ0) is 22.7. The van der Waals surface area contributed by atoms with E-state index in [0.717, 1.165) is 5.56 Å². The van der Waals surface area contributed by atoms with Gasteiger partial charge in [0.05, 0.1) is 37.7 Å². The summed E-state index contributed by atoms with van der Waals surface area (Å²) in [5.41, 5.74) is 3.13. The first-order chi connectivity index (χ1) is 15.5. The molecule has 0 fully saturated rings. The van der Waals surface area contributed by atoms with Crippen LogP contribution in [0.2, 0.25) is 5.02 Å². The fourth-order valence-electron chi connectivity index (χ4n) is 3.66. The van der Waals surface area contributed by atoms with Gasteiger partial charge in [-0.2, -0.15) is 0 Å². The molecule has 0 N–H and O–H groups in total. The molecule has 4 rings (SSSR count). The quantitative estimate of drug-likeness (QED) is 0.523. The summed E-state index contributed by atoms with van der Waals surface area (Å²) < 4.78 is 10.6. The molecule has 0 aromatic heterocycles. The Labute approximate surface area is 191 Å². The lowest BCUT2D eigenvalue weighted by atomic mass is 10.00. The predicted molar refractivity (Wildman–Crippen MR) is 125 cm³/mol. The van der Waals surface area contributed by atoms with Crippen molar-refractivity contribution in [2.75, 3.05) is 32.2 Å². The normalized spacial score (nSPS) is 13.2. The average molecular weight is 449 g/mol. The van der Waals surface area contributed by atoms with Gasteiger partial charge in [0.2, 0.25) is 5.91 Å². The number of hydrogen-bond donors (Lipinski definition) is 0. The number of methoxy groups -OCH3 is 2. The number of fused-ring (bicyclic) bond motifs is 1. The number of benzene rings is 3. The van der Waals surface area contributed by atoms with E-state index in [4.69, 9.17) is 21.1 Å². The highest BCUT2D eigenvalue weighted by Gasteiger charge is 2.28. The number of hydrogen-bond acceptors (Lipinski definition) is 5. The van der Waals surface area contributed by atoms with E-state index in [1.54, 1.807) is 36.4 Å². The van der Waals surface area contributed by atoms with Gasteiger partial charge in [-0.1, -0.05) is 41.9 Å².